The molecular formula is C12H12N2O3S. The van der Waals surface area contributed by atoms with E-state index in [1.807, 2.05) is 0 Å². The van der Waals surface area contributed by atoms with Crippen molar-refractivity contribution in [3.8, 4) is 6.07 Å². The van der Waals surface area contributed by atoms with Crippen molar-refractivity contribution in [1.29, 1.82) is 5.26 Å². The Labute approximate surface area is 108 Å². The number of carbonyl (C=O) groups excluding carboxylic acids is 2. The molecule has 18 heavy (non-hydrogen) atoms. The van der Waals surface area contributed by atoms with Crippen LogP contribution in [0.4, 0.5) is 5.00 Å². The van der Waals surface area contributed by atoms with E-state index in [-0.39, 0.29) is 6.61 Å². The van der Waals surface area contributed by atoms with Crippen molar-refractivity contribution in [2.24, 2.45) is 0 Å². The molecule has 0 saturated heterocycles. The van der Waals surface area contributed by atoms with Gasteiger partial charge in [0, 0.05) is 11.8 Å². The summed E-state index contributed by atoms with van der Waals surface area (Å²) in [7, 11) is 0. The summed E-state index contributed by atoms with van der Waals surface area (Å²) in [6.07, 6.45) is 2.93. The lowest BCUT2D eigenvalue weighted by molar-refractivity contribution is -0.144. The van der Waals surface area contributed by atoms with Crippen LogP contribution in [-0.4, -0.2) is 18.5 Å². The lowest BCUT2D eigenvalue weighted by Crippen LogP contribution is -2.19. The Morgan fingerprint density at radius 2 is 2.28 bits per heavy atom. The molecule has 0 aromatic carbocycles. The molecule has 1 aliphatic rings. The molecule has 0 fully saturated rings. The highest BCUT2D eigenvalue weighted by Gasteiger charge is 2.23. The normalized spacial score (nSPS) is 12.7. The number of nitriles is 1. The van der Waals surface area contributed by atoms with Crippen LogP contribution in [0, 0.1) is 11.3 Å². The number of hydrogen-bond acceptors (Lipinski definition) is 5. The Kier molecular flexibility index (Phi) is 3.63. The minimum atomic E-state index is -0.501. The summed E-state index contributed by atoms with van der Waals surface area (Å²) < 4.78 is 4.60. The third-order valence-electron chi connectivity index (χ3n) is 2.69. The number of amides is 1. The van der Waals surface area contributed by atoms with Gasteiger partial charge in [-0.3, -0.25) is 9.59 Å². The predicted octanol–water partition coefficient (Wildman–Crippen LogP) is 1.61. The van der Waals surface area contributed by atoms with Crippen LogP contribution in [0.1, 0.15) is 29.3 Å². The first-order valence-corrected chi connectivity index (χ1v) is 6.41. The van der Waals surface area contributed by atoms with E-state index in [2.05, 4.69) is 16.1 Å². The van der Waals surface area contributed by atoms with Gasteiger partial charge in [-0.15, -0.1) is 11.3 Å². The maximum Gasteiger partial charge on any atom is 0.303 e. The topological polar surface area (TPSA) is 79.2 Å². The molecule has 0 saturated carbocycles. The Morgan fingerprint density at radius 3 is 2.94 bits per heavy atom. The van der Waals surface area contributed by atoms with Gasteiger partial charge in [-0.1, -0.05) is 0 Å². The van der Waals surface area contributed by atoms with Crippen LogP contribution in [0.3, 0.4) is 0 Å². The second-order valence-electron chi connectivity index (χ2n) is 4.00. The Hall–Kier alpha value is -1.87. The zero-order valence-electron chi connectivity index (χ0n) is 9.91. The van der Waals surface area contributed by atoms with Crippen molar-refractivity contribution in [3.05, 3.63) is 16.0 Å². The van der Waals surface area contributed by atoms with Gasteiger partial charge >= 0.3 is 5.97 Å². The van der Waals surface area contributed by atoms with E-state index < -0.39 is 11.9 Å². The van der Waals surface area contributed by atoms with Crippen LogP contribution in [0.2, 0.25) is 0 Å². The van der Waals surface area contributed by atoms with Crippen molar-refractivity contribution in [2.75, 3.05) is 11.9 Å². The number of nitrogens with zero attached hydrogens (tertiary/aromatic N) is 1. The number of hydrogen-bond donors (Lipinski definition) is 1. The third kappa shape index (κ3) is 2.51. The monoisotopic (exact) mass is 264 g/mol. The summed E-state index contributed by atoms with van der Waals surface area (Å²) >= 11 is 1.44. The highest BCUT2D eigenvalue weighted by Crippen LogP contribution is 2.38. The zero-order valence-corrected chi connectivity index (χ0v) is 10.7. The van der Waals surface area contributed by atoms with Gasteiger partial charge in [-0.2, -0.15) is 5.26 Å². The van der Waals surface area contributed by atoms with E-state index in [4.69, 9.17) is 5.26 Å². The number of anilines is 1. The van der Waals surface area contributed by atoms with E-state index >= 15 is 0 Å². The fraction of sp³-hybridized carbons (Fsp3) is 0.417. The SMILES string of the molecule is CC(=O)OCC(=O)Nc1sc2c(c1C#N)CCC2. The number of aryl methyl sites for hydroxylation is 1. The van der Waals surface area contributed by atoms with Crippen molar-refractivity contribution >= 4 is 28.2 Å². The first-order valence-electron chi connectivity index (χ1n) is 5.59. The van der Waals surface area contributed by atoms with Crippen LogP contribution in [-0.2, 0) is 27.2 Å². The number of esters is 1. The largest absolute Gasteiger partial charge is 0.456 e. The zero-order chi connectivity index (χ0) is 13.1. The maximum atomic E-state index is 11.5. The van der Waals surface area contributed by atoms with Crippen molar-refractivity contribution in [1.82, 2.24) is 0 Å². The molecule has 1 amide bonds. The molecule has 1 aromatic rings. The number of thiophene rings is 1. The molecule has 0 atom stereocenters. The molecule has 5 nitrogen and oxygen atoms in total. The van der Waals surface area contributed by atoms with Gasteiger partial charge in [0.05, 0.1) is 5.56 Å². The number of fused-ring (bicyclic) bond motifs is 1. The van der Waals surface area contributed by atoms with Gasteiger partial charge in [0.25, 0.3) is 5.91 Å². The molecule has 1 aromatic heterocycles. The second-order valence-corrected chi connectivity index (χ2v) is 5.11. The third-order valence-corrected chi connectivity index (χ3v) is 3.90. The Balaban J connectivity index is 2.08. The molecule has 1 aliphatic carbocycles. The first-order chi connectivity index (χ1) is 8.61. The van der Waals surface area contributed by atoms with E-state index in [0.29, 0.717) is 10.6 Å². The number of rotatable bonds is 3. The summed E-state index contributed by atoms with van der Waals surface area (Å²) in [5.74, 6) is -0.916. The minimum absolute atomic E-state index is 0.317. The van der Waals surface area contributed by atoms with Crippen molar-refractivity contribution < 1.29 is 14.3 Å². The second kappa shape index (κ2) is 5.19. The van der Waals surface area contributed by atoms with Gasteiger partial charge < -0.3 is 10.1 Å². The summed E-state index contributed by atoms with van der Waals surface area (Å²) in [5, 5.41) is 12.3. The summed E-state index contributed by atoms with van der Waals surface area (Å²) in [6.45, 7) is 0.927. The molecule has 1 N–H and O–H groups in total. The molecule has 2 rings (SSSR count). The van der Waals surface area contributed by atoms with Crippen LogP contribution in [0.15, 0.2) is 0 Å². The molecular weight excluding hydrogens is 252 g/mol. The number of carbonyl (C=O) groups is 2. The molecule has 94 valence electrons. The van der Waals surface area contributed by atoms with Crippen molar-refractivity contribution in [2.45, 2.75) is 26.2 Å². The van der Waals surface area contributed by atoms with Crippen LogP contribution >= 0.6 is 11.3 Å². The van der Waals surface area contributed by atoms with E-state index in [0.717, 1.165) is 24.8 Å². The lowest BCUT2D eigenvalue weighted by Gasteiger charge is -2.03. The smallest absolute Gasteiger partial charge is 0.303 e. The van der Waals surface area contributed by atoms with Gasteiger partial charge in [-0.05, 0) is 24.8 Å². The molecule has 0 aliphatic heterocycles. The summed E-state index contributed by atoms with van der Waals surface area (Å²) in [6, 6.07) is 2.13. The first kappa shape index (κ1) is 12.6. The van der Waals surface area contributed by atoms with E-state index in [1.54, 1.807) is 0 Å². The lowest BCUT2D eigenvalue weighted by atomic mass is 10.1. The van der Waals surface area contributed by atoms with Crippen LogP contribution in [0.5, 0.6) is 0 Å². The minimum Gasteiger partial charge on any atom is -0.456 e. The van der Waals surface area contributed by atoms with Crippen LogP contribution in [0.25, 0.3) is 0 Å². The van der Waals surface area contributed by atoms with E-state index in [1.165, 1.54) is 23.1 Å². The molecule has 0 unspecified atom stereocenters. The fourth-order valence-electron chi connectivity index (χ4n) is 1.94. The predicted molar refractivity (Wildman–Crippen MR) is 66.3 cm³/mol. The average Bonchev–Trinajstić information content (AvgIpc) is 2.86. The standard InChI is InChI=1S/C12H12N2O3S/c1-7(15)17-6-11(16)14-12-9(5-13)8-3-2-4-10(8)18-12/h2-4,6H2,1H3,(H,14,16). The van der Waals surface area contributed by atoms with Gasteiger partial charge in [0.1, 0.15) is 11.1 Å². The van der Waals surface area contributed by atoms with Crippen LogP contribution < -0.4 is 5.32 Å². The van der Waals surface area contributed by atoms with Gasteiger partial charge in [0.2, 0.25) is 0 Å². The molecule has 0 bridgehead atoms. The maximum absolute atomic E-state index is 11.5. The molecule has 1 heterocycles. The Bertz CT molecular complexity index is 542. The number of ether oxygens (including phenoxy) is 1. The summed E-state index contributed by atoms with van der Waals surface area (Å²) in [4.78, 5) is 23.3. The average molecular weight is 264 g/mol. The van der Waals surface area contributed by atoms with Crippen molar-refractivity contribution in [3.63, 3.8) is 0 Å². The highest BCUT2D eigenvalue weighted by atomic mass is 32.1. The Morgan fingerprint density at radius 1 is 1.50 bits per heavy atom. The fourth-order valence-corrected chi connectivity index (χ4v) is 3.20. The quantitative estimate of drug-likeness (QED) is 0.841. The van der Waals surface area contributed by atoms with Gasteiger partial charge in [0.15, 0.2) is 6.61 Å². The summed E-state index contributed by atoms with van der Waals surface area (Å²) in [5.41, 5.74) is 1.62. The highest BCUT2D eigenvalue weighted by molar-refractivity contribution is 7.16. The van der Waals surface area contributed by atoms with Gasteiger partial charge in [-0.25, -0.2) is 0 Å². The molecule has 0 spiro atoms. The molecule has 6 heteroatoms. The molecule has 0 radical (unpaired) electrons. The van der Waals surface area contributed by atoms with E-state index in [9.17, 15) is 9.59 Å². The number of nitrogens with one attached hydrogen (secondary N) is 1.